The third-order valence-corrected chi connectivity index (χ3v) is 3.15. The molecule has 1 amide bonds. The SMILES string of the molecule is Cc1cc(C)cc(NC(=O)c2cccnc2-n2cncn2)c1. The quantitative estimate of drug-likeness (QED) is 0.805. The number of amides is 1. The lowest BCUT2D eigenvalue weighted by Crippen LogP contribution is -2.16. The Morgan fingerprint density at radius 3 is 2.64 bits per heavy atom. The molecule has 0 aliphatic heterocycles. The highest BCUT2D eigenvalue weighted by Gasteiger charge is 2.14. The van der Waals surface area contributed by atoms with E-state index in [1.165, 1.54) is 17.3 Å². The summed E-state index contributed by atoms with van der Waals surface area (Å²) in [5, 5.41) is 6.93. The predicted octanol–water partition coefficient (Wildman–Crippen LogP) is 2.53. The van der Waals surface area contributed by atoms with Crippen molar-refractivity contribution in [1.29, 1.82) is 0 Å². The second-order valence-corrected chi connectivity index (χ2v) is 5.05. The van der Waals surface area contributed by atoms with Crippen LogP contribution in [0.25, 0.3) is 5.82 Å². The fourth-order valence-electron chi connectivity index (χ4n) is 2.32. The summed E-state index contributed by atoms with van der Waals surface area (Å²) < 4.78 is 1.47. The minimum absolute atomic E-state index is 0.233. The van der Waals surface area contributed by atoms with Crippen molar-refractivity contribution in [3.63, 3.8) is 0 Å². The summed E-state index contributed by atoms with van der Waals surface area (Å²) in [5.41, 5.74) is 3.39. The summed E-state index contributed by atoms with van der Waals surface area (Å²) in [4.78, 5) is 20.6. The van der Waals surface area contributed by atoms with Gasteiger partial charge in [0, 0.05) is 11.9 Å². The van der Waals surface area contributed by atoms with E-state index in [-0.39, 0.29) is 5.91 Å². The molecule has 2 heterocycles. The number of aryl methyl sites for hydroxylation is 2. The Morgan fingerprint density at radius 2 is 1.95 bits per heavy atom. The Bertz CT molecular complexity index is 791. The number of carbonyl (C=O) groups excluding carboxylic acids is 1. The van der Waals surface area contributed by atoms with Crippen LogP contribution in [-0.2, 0) is 0 Å². The molecule has 3 rings (SSSR count). The van der Waals surface area contributed by atoms with Crippen molar-refractivity contribution in [2.45, 2.75) is 13.8 Å². The molecule has 0 spiro atoms. The molecule has 0 aliphatic carbocycles. The molecule has 110 valence electrons. The lowest BCUT2D eigenvalue weighted by atomic mass is 10.1. The van der Waals surface area contributed by atoms with Gasteiger partial charge in [-0.05, 0) is 49.2 Å². The number of nitrogens with one attached hydrogen (secondary N) is 1. The van der Waals surface area contributed by atoms with Crippen molar-refractivity contribution in [2.24, 2.45) is 0 Å². The van der Waals surface area contributed by atoms with Crippen LogP contribution in [0.4, 0.5) is 5.69 Å². The van der Waals surface area contributed by atoms with Gasteiger partial charge in [-0.3, -0.25) is 4.79 Å². The number of aromatic nitrogens is 4. The third kappa shape index (κ3) is 2.85. The second kappa shape index (κ2) is 5.77. The number of hydrogen-bond acceptors (Lipinski definition) is 4. The molecule has 0 saturated heterocycles. The van der Waals surface area contributed by atoms with Crippen LogP contribution >= 0.6 is 0 Å². The van der Waals surface area contributed by atoms with Gasteiger partial charge in [-0.25, -0.2) is 14.6 Å². The molecule has 0 aliphatic rings. The molecule has 0 unspecified atom stereocenters. The summed E-state index contributed by atoms with van der Waals surface area (Å²) in [6, 6.07) is 9.34. The number of benzene rings is 1. The molecule has 22 heavy (non-hydrogen) atoms. The highest BCUT2D eigenvalue weighted by Crippen LogP contribution is 2.17. The van der Waals surface area contributed by atoms with E-state index < -0.39 is 0 Å². The number of carbonyl (C=O) groups is 1. The molecule has 6 nitrogen and oxygen atoms in total. The van der Waals surface area contributed by atoms with E-state index in [0.717, 1.165) is 16.8 Å². The molecule has 0 bridgehead atoms. The maximum absolute atomic E-state index is 12.5. The maximum Gasteiger partial charge on any atom is 0.259 e. The minimum Gasteiger partial charge on any atom is -0.322 e. The summed E-state index contributed by atoms with van der Waals surface area (Å²) in [7, 11) is 0. The molecule has 0 atom stereocenters. The van der Waals surface area contributed by atoms with Crippen molar-refractivity contribution in [2.75, 3.05) is 5.32 Å². The summed E-state index contributed by atoms with van der Waals surface area (Å²) in [5.74, 6) is 0.213. The van der Waals surface area contributed by atoms with Crippen molar-refractivity contribution >= 4 is 11.6 Å². The van der Waals surface area contributed by atoms with Gasteiger partial charge in [0.05, 0.1) is 5.56 Å². The lowest BCUT2D eigenvalue weighted by molar-refractivity contribution is 0.102. The van der Waals surface area contributed by atoms with Crippen LogP contribution in [-0.4, -0.2) is 25.7 Å². The zero-order valence-electron chi connectivity index (χ0n) is 12.3. The largest absolute Gasteiger partial charge is 0.322 e. The van der Waals surface area contributed by atoms with Crippen molar-refractivity contribution in [3.8, 4) is 5.82 Å². The van der Waals surface area contributed by atoms with Crippen LogP contribution in [0.2, 0.25) is 0 Å². The van der Waals surface area contributed by atoms with Crippen LogP contribution in [0, 0.1) is 13.8 Å². The van der Waals surface area contributed by atoms with E-state index in [9.17, 15) is 4.79 Å². The number of anilines is 1. The third-order valence-electron chi connectivity index (χ3n) is 3.15. The Labute approximate surface area is 127 Å². The van der Waals surface area contributed by atoms with E-state index in [4.69, 9.17) is 0 Å². The molecular formula is C16H15N5O. The lowest BCUT2D eigenvalue weighted by Gasteiger charge is -2.10. The molecular weight excluding hydrogens is 278 g/mol. The van der Waals surface area contributed by atoms with Crippen molar-refractivity contribution in [1.82, 2.24) is 19.7 Å². The minimum atomic E-state index is -0.233. The predicted molar refractivity (Wildman–Crippen MR) is 83.0 cm³/mol. The topological polar surface area (TPSA) is 72.7 Å². The highest BCUT2D eigenvalue weighted by atomic mass is 16.1. The van der Waals surface area contributed by atoms with Crippen LogP contribution in [0.15, 0.2) is 49.2 Å². The zero-order valence-corrected chi connectivity index (χ0v) is 12.3. The molecule has 2 aromatic heterocycles. The van der Waals surface area contributed by atoms with Gasteiger partial charge in [0.15, 0.2) is 5.82 Å². The highest BCUT2D eigenvalue weighted by molar-refractivity contribution is 6.06. The van der Waals surface area contributed by atoms with Crippen LogP contribution in [0.5, 0.6) is 0 Å². The van der Waals surface area contributed by atoms with Crippen molar-refractivity contribution < 1.29 is 4.79 Å². The molecule has 0 saturated carbocycles. The zero-order chi connectivity index (χ0) is 15.5. The monoisotopic (exact) mass is 293 g/mol. The van der Waals surface area contributed by atoms with Gasteiger partial charge in [-0.2, -0.15) is 5.10 Å². The first kappa shape index (κ1) is 13.9. The first-order valence-corrected chi connectivity index (χ1v) is 6.83. The number of pyridine rings is 1. The smallest absolute Gasteiger partial charge is 0.259 e. The molecule has 6 heteroatoms. The molecule has 3 aromatic rings. The molecule has 0 fully saturated rings. The number of rotatable bonds is 3. The van der Waals surface area contributed by atoms with Gasteiger partial charge in [-0.1, -0.05) is 6.07 Å². The fraction of sp³-hybridized carbons (Fsp3) is 0.125. The number of hydrogen-bond donors (Lipinski definition) is 1. The molecule has 0 radical (unpaired) electrons. The standard InChI is InChI=1S/C16H15N5O/c1-11-6-12(2)8-13(7-11)20-16(22)14-4-3-5-18-15(14)21-10-17-9-19-21/h3-10H,1-2H3,(H,20,22). The summed E-state index contributed by atoms with van der Waals surface area (Å²) >= 11 is 0. The normalized spacial score (nSPS) is 10.5. The van der Waals surface area contributed by atoms with E-state index in [1.807, 2.05) is 26.0 Å². The first-order chi connectivity index (χ1) is 10.6. The van der Waals surface area contributed by atoms with Gasteiger partial charge in [0.1, 0.15) is 12.7 Å². The number of nitrogens with zero attached hydrogens (tertiary/aromatic N) is 4. The van der Waals surface area contributed by atoms with Crippen LogP contribution < -0.4 is 5.32 Å². The molecule has 1 aromatic carbocycles. The first-order valence-electron chi connectivity index (χ1n) is 6.83. The van der Waals surface area contributed by atoms with Gasteiger partial charge in [0.25, 0.3) is 5.91 Å². The fourth-order valence-corrected chi connectivity index (χ4v) is 2.32. The Hall–Kier alpha value is -3.02. The van der Waals surface area contributed by atoms with E-state index in [2.05, 4.69) is 26.4 Å². The average Bonchev–Trinajstić information content (AvgIpc) is 3.00. The van der Waals surface area contributed by atoms with E-state index >= 15 is 0 Å². The van der Waals surface area contributed by atoms with Crippen LogP contribution in [0.1, 0.15) is 21.5 Å². The van der Waals surface area contributed by atoms with E-state index in [0.29, 0.717) is 11.4 Å². The Balaban J connectivity index is 1.93. The second-order valence-electron chi connectivity index (χ2n) is 5.05. The average molecular weight is 293 g/mol. The Kier molecular flexibility index (Phi) is 3.65. The van der Waals surface area contributed by atoms with Gasteiger partial charge in [-0.15, -0.1) is 0 Å². The van der Waals surface area contributed by atoms with Crippen molar-refractivity contribution in [3.05, 3.63) is 65.9 Å². The van der Waals surface area contributed by atoms with Crippen LogP contribution in [0.3, 0.4) is 0 Å². The van der Waals surface area contributed by atoms with Gasteiger partial charge in [0.2, 0.25) is 0 Å². The van der Waals surface area contributed by atoms with Gasteiger partial charge >= 0.3 is 0 Å². The van der Waals surface area contributed by atoms with Gasteiger partial charge < -0.3 is 5.32 Å². The van der Waals surface area contributed by atoms with E-state index in [1.54, 1.807) is 18.3 Å². The summed E-state index contributed by atoms with van der Waals surface area (Å²) in [6.45, 7) is 3.99. The maximum atomic E-state index is 12.5. The molecule has 1 N–H and O–H groups in total. The summed E-state index contributed by atoms with van der Waals surface area (Å²) in [6.07, 6.45) is 4.53. The Morgan fingerprint density at radius 1 is 1.18 bits per heavy atom.